The lowest BCUT2D eigenvalue weighted by atomic mass is 9.95. The SMILES string of the molecule is c1cc2cc(c1)-c1cccc(c1)-c1cc3ccnc(c3s1)-c1cccc(c1)-c1cccc-2c1. The monoisotopic (exact) mass is 437 g/mol. The van der Waals surface area contributed by atoms with Gasteiger partial charge in [0.25, 0.3) is 0 Å². The van der Waals surface area contributed by atoms with Gasteiger partial charge in [-0.05, 0) is 80.7 Å². The molecule has 0 saturated heterocycles. The fourth-order valence-electron chi connectivity index (χ4n) is 4.77. The second-order valence-electron chi connectivity index (χ2n) is 8.51. The number of aromatic nitrogens is 1. The Morgan fingerprint density at radius 2 is 0.909 bits per heavy atom. The quantitative estimate of drug-likeness (QED) is 0.231. The Hall–Kier alpha value is -4.01. The van der Waals surface area contributed by atoms with Gasteiger partial charge in [0.05, 0.1) is 10.4 Å². The normalized spacial score (nSPS) is 11.6. The molecule has 1 nitrogen and oxygen atoms in total. The van der Waals surface area contributed by atoms with Crippen molar-refractivity contribution >= 4 is 21.4 Å². The molecular weight excluding hydrogens is 418 g/mol. The second kappa shape index (κ2) is 7.26. The Balaban J connectivity index is 1.58. The van der Waals surface area contributed by atoms with Gasteiger partial charge in [-0.15, -0.1) is 11.3 Å². The van der Waals surface area contributed by atoms with Crippen LogP contribution in [0.5, 0.6) is 0 Å². The van der Waals surface area contributed by atoms with E-state index in [1.165, 1.54) is 53.9 Å². The van der Waals surface area contributed by atoms with Crippen molar-refractivity contribution in [1.82, 2.24) is 4.98 Å². The molecule has 4 aromatic carbocycles. The predicted octanol–water partition coefficient (Wildman–Crippen LogP) is 8.94. The average Bonchev–Trinajstić information content (AvgIpc) is 3.33. The zero-order valence-electron chi connectivity index (χ0n) is 17.8. The van der Waals surface area contributed by atoms with E-state index < -0.39 is 0 Å². The molecule has 33 heavy (non-hydrogen) atoms. The van der Waals surface area contributed by atoms with Crippen molar-refractivity contribution in [2.45, 2.75) is 0 Å². The number of hydrogen-bond donors (Lipinski definition) is 0. The first kappa shape index (κ1) is 18.6. The van der Waals surface area contributed by atoms with Crippen molar-refractivity contribution in [2.24, 2.45) is 0 Å². The number of nitrogens with zero attached hydrogens (tertiary/aromatic N) is 1. The van der Waals surface area contributed by atoms with E-state index in [1.807, 2.05) is 17.5 Å². The van der Waals surface area contributed by atoms with Gasteiger partial charge in [-0.25, -0.2) is 0 Å². The van der Waals surface area contributed by atoms with Crippen molar-refractivity contribution in [2.75, 3.05) is 0 Å². The van der Waals surface area contributed by atoms with E-state index in [0.717, 1.165) is 11.3 Å². The lowest BCUT2D eigenvalue weighted by molar-refractivity contribution is 1.37. The van der Waals surface area contributed by atoms with E-state index in [4.69, 9.17) is 4.98 Å². The first-order valence-electron chi connectivity index (χ1n) is 11.1. The van der Waals surface area contributed by atoms with Crippen LogP contribution < -0.4 is 0 Å². The summed E-state index contributed by atoms with van der Waals surface area (Å²) in [6.45, 7) is 0. The van der Waals surface area contributed by atoms with E-state index >= 15 is 0 Å². The van der Waals surface area contributed by atoms with Crippen molar-refractivity contribution in [3.63, 3.8) is 0 Å². The van der Waals surface area contributed by atoms with Gasteiger partial charge in [-0.2, -0.15) is 0 Å². The molecule has 1 aliphatic rings. The summed E-state index contributed by atoms with van der Waals surface area (Å²) in [5, 5.41) is 1.24. The van der Waals surface area contributed by atoms with Crippen LogP contribution in [-0.4, -0.2) is 4.98 Å². The average molecular weight is 438 g/mol. The van der Waals surface area contributed by atoms with Crippen molar-refractivity contribution < 1.29 is 0 Å². The molecule has 0 fully saturated rings. The van der Waals surface area contributed by atoms with Crippen LogP contribution in [0.1, 0.15) is 0 Å². The van der Waals surface area contributed by atoms with E-state index in [1.54, 1.807) is 0 Å². The minimum absolute atomic E-state index is 1.05. The maximum atomic E-state index is 4.81. The molecule has 0 atom stereocenters. The summed E-state index contributed by atoms with van der Waals surface area (Å²) < 4.78 is 1.23. The lowest BCUT2D eigenvalue weighted by Gasteiger charge is -2.11. The molecule has 3 heterocycles. The molecule has 2 aromatic heterocycles. The van der Waals surface area contributed by atoms with Crippen LogP contribution in [0.3, 0.4) is 0 Å². The molecule has 154 valence electrons. The second-order valence-corrected chi connectivity index (χ2v) is 9.56. The summed E-state index contributed by atoms with van der Waals surface area (Å²) in [5.41, 5.74) is 10.8. The minimum Gasteiger partial charge on any atom is -0.255 e. The number of pyridine rings is 1. The summed E-state index contributed by atoms with van der Waals surface area (Å²) in [6.07, 6.45) is 1.93. The van der Waals surface area contributed by atoms with Crippen molar-refractivity contribution in [3.8, 4) is 55.1 Å². The molecule has 0 aliphatic carbocycles. The number of hydrogen-bond acceptors (Lipinski definition) is 2. The highest BCUT2D eigenvalue weighted by Gasteiger charge is 2.13. The standard InChI is InChI=1S/C31H19NS/c1-5-20-15-22(7-1)24-9-3-11-26(17-24)29-19-28-13-14-32-30(31(28)33-29)27-12-4-10-25(18-27)23-8-2-6-21(20)16-23/h1-19H. The molecule has 7 rings (SSSR count). The Bertz CT molecular complexity index is 1670. The molecule has 0 radical (unpaired) electrons. The predicted molar refractivity (Wildman–Crippen MR) is 140 cm³/mol. The summed E-state index contributed by atoms with van der Waals surface area (Å²) >= 11 is 1.82. The van der Waals surface area contributed by atoms with Crippen LogP contribution in [-0.2, 0) is 0 Å². The van der Waals surface area contributed by atoms with Gasteiger partial charge in [0, 0.05) is 16.6 Å². The molecule has 10 bridgehead atoms. The summed E-state index contributed by atoms with van der Waals surface area (Å²) in [6, 6.07) is 39.7. The topological polar surface area (TPSA) is 12.9 Å². The third-order valence-corrected chi connectivity index (χ3v) is 7.65. The van der Waals surface area contributed by atoms with Crippen molar-refractivity contribution in [3.05, 3.63) is 115 Å². The maximum absolute atomic E-state index is 4.81. The van der Waals surface area contributed by atoms with E-state index in [9.17, 15) is 0 Å². The molecule has 0 saturated carbocycles. The molecule has 0 N–H and O–H groups in total. The number of rotatable bonds is 0. The largest absolute Gasteiger partial charge is 0.255 e. The molecular formula is C31H19NS. The molecule has 0 amide bonds. The van der Waals surface area contributed by atoms with Crippen LogP contribution >= 0.6 is 11.3 Å². The van der Waals surface area contributed by atoms with Gasteiger partial charge >= 0.3 is 0 Å². The highest BCUT2D eigenvalue weighted by Crippen LogP contribution is 2.40. The smallest absolute Gasteiger partial charge is 0.0880 e. The molecule has 0 spiro atoms. The fourth-order valence-corrected chi connectivity index (χ4v) is 5.93. The maximum Gasteiger partial charge on any atom is 0.0880 e. The number of thiophene rings is 1. The van der Waals surface area contributed by atoms with Crippen LogP contribution in [0.15, 0.2) is 115 Å². The number of fused-ring (bicyclic) bond motifs is 14. The van der Waals surface area contributed by atoms with Crippen LogP contribution in [0.25, 0.3) is 65.2 Å². The molecule has 6 aromatic rings. The Kier molecular flexibility index (Phi) is 4.08. The summed E-state index contributed by atoms with van der Waals surface area (Å²) in [7, 11) is 0. The highest BCUT2D eigenvalue weighted by molar-refractivity contribution is 7.22. The summed E-state index contributed by atoms with van der Waals surface area (Å²) in [5.74, 6) is 0. The van der Waals surface area contributed by atoms with E-state index in [-0.39, 0.29) is 0 Å². The van der Waals surface area contributed by atoms with Crippen LogP contribution in [0.2, 0.25) is 0 Å². The first-order chi connectivity index (χ1) is 16.3. The van der Waals surface area contributed by atoms with E-state index in [0.29, 0.717) is 0 Å². The zero-order valence-corrected chi connectivity index (χ0v) is 18.6. The minimum atomic E-state index is 1.05. The summed E-state index contributed by atoms with van der Waals surface area (Å²) in [4.78, 5) is 6.08. The zero-order chi connectivity index (χ0) is 21.8. The van der Waals surface area contributed by atoms with Gasteiger partial charge in [-0.3, -0.25) is 4.98 Å². The Morgan fingerprint density at radius 1 is 0.455 bits per heavy atom. The van der Waals surface area contributed by atoms with E-state index in [2.05, 4.69) is 109 Å². The lowest BCUT2D eigenvalue weighted by Crippen LogP contribution is -1.86. The van der Waals surface area contributed by atoms with Gasteiger partial charge in [0.1, 0.15) is 0 Å². The Morgan fingerprint density at radius 3 is 1.48 bits per heavy atom. The van der Waals surface area contributed by atoms with Crippen LogP contribution in [0.4, 0.5) is 0 Å². The third-order valence-electron chi connectivity index (χ3n) is 6.44. The van der Waals surface area contributed by atoms with Gasteiger partial charge in [0.2, 0.25) is 0 Å². The van der Waals surface area contributed by atoms with Gasteiger partial charge in [0.15, 0.2) is 0 Å². The van der Waals surface area contributed by atoms with Crippen LogP contribution in [0, 0.1) is 0 Å². The Labute approximate surface area is 196 Å². The highest BCUT2D eigenvalue weighted by atomic mass is 32.1. The molecule has 2 heteroatoms. The molecule has 1 aliphatic heterocycles. The first-order valence-corrected chi connectivity index (χ1v) is 11.9. The third kappa shape index (κ3) is 3.11. The van der Waals surface area contributed by atoms with Gasteiger partial charge < -0.3 is 0 Å². The fraction of sp³-hybridized carbons (Fsp3) is 0. The van der Waals surface area contributed by atoms with Gasteiger partial charge in [-0.1, -0.05) is 72.8 Å². The van der Waals surface area contributed by atoms with Crippen molar-refractivity contribution in [1.29, 1.82) is 0 Å². The number of benzene rings is 4. The molecule has 0 unspecified atom stereocenters.